The van der Waals surface area contributed by atoms with Gasteiger partial charge in [-0.25, -0.2) is 19.6 Å². The van der Waals surface area contributed by atoms with E-state index in [4.69, 9.17) is 33.8 Å². The number of aromatic carboxylic acids is 1. The number of carboxylic acid groups (broad SMARTS) is 1. The molecule has 5 heterocycles. The van der Waals surface area contributed by atoms with Crippen LogP contribution in [0.2, 0.25) is 0 Å². The van der Waals surface area contributed by atoms with Gasteiger partial charge in [0, 0.05) is 90.9 Å². The largest absolute Gasteiger partial charge is 0.476 e. The average molecular weight is 1260 g/mol. The molecule has 0 spiro atoms. The summed E-state index contributed by atoms with van der Waals surface area (Å²) in [6.07, 6.45) is 15.4. The molecule has 7 aromatic rings. The maximum Gasteiger partial charge on any atom is 0.407 e. The second-order valence-corrected chi connectivity index (χ2v) is 26.6. The number of anilines is 1. The van der Waals surface area contributed by atoms with Crippen molar-refractivity contribution in [3.05, 3.63) is 138 Å². The minimum absolute atomic E-state index is 0.0554. The standard InChI is InChI=1S/C69H79N9O12S/c1-46-53(50-20-21-54(74-61(50)63(83)84)49-35-52-51(15-10-17-55(52)72-36-49)62(82)76-64-75-56-16-6-7-18-57(56)91-64)37-73-78(46)45-68-40-66(2)39-67(3,41-68)43-69(42-66,44-68)90-29-25-71-65(85)89-38-48-13-9-12-47(34-48)14-11-27-86-30-32-88-33-31-87-28-24-70-58(79)19-5-4-8-26-77-59(80)22-23-60(77)81/h6-7,9-10,12-13,15-18,20-23,34-37H,4-5,8,11,14,19,24-33,38-45H2,1-3H3,(H,70,79)(H,71,85)(H,83,84)(H,75,76,82). The van der Waals surface area contributed by atoms with Crippen LogP contribution >= 0.6 is 11.3 Å². The number of rotatable bonds is 32. The molecule has 478 valence electrons. The van der Waals surface area contributed by atoms with Gasteiger partial charge in [0.05, 0.1) is 72.9 Å². The van der Waals surface area contributed by atoms with Gasteiger partial charge in [-0.05, 0) is 141 Å². The third-order valence-electron chi connectivity index (χ3n) is 17.8. The van der Waals surface area contributed by atoms with Crippen molar-refractivity contribution in [2.75, 3.05) is 71.2 Å². The molecule has 4 bridgehead atoms. The predicted molar refractivity (Wildman–Crippen MR) is 343 cm³/mol. The number of ether oxygens (including phenoxy) is 5. The van der Waals surface area contributed by atoms with E-state index in [0.29, 0.717) is 136 Å². The molecular weight excluding hydrogens is 1180 g/mol. The number of nitrogens with zero attached hydrogens (tertiary/aromatic N) is 6. The first-order valence-electron chi connectivity index (χ1n) is 31.4. The molecule has 5 aliphatic rings. The van der Waals surface area contributed by atoms with Crippen molar-refractivity contribution < 1.29 is 57.6 Å². The SMILES string of the molecule is Cc1c(-c2ccc(-c3cnc4cccc(C(=O)Nc5nc6ccccc6s5)c4c3)nc2C(=O)O)cnn1CC12CC3(C)CC(C)(C1)CC(OCCNC(=O)OCc1cccc(CCCOCCOCCOCCNC(=O)CCCCCN4C(=O)C=CC4=O)c1)(C3)C2. The molecule has 4 aliphatic carbocycles. The Morgan fingerprint density at radius 2 is 1.42 bits per heavy atom. The number of aryl methyl sites for hydroxylation is 1. The molecule has 4 aromatic heterocycles. The topological polar surface area (TPSA) is 265 Å². The van der Waals surface area contributed by atoms with E-state index in [1.807, 2.05) is 66.2 Å². The van der Waals surface area contributed by atoms with Gasteiger partial charge in [-0.3, -0.25) is 39.1 Å². The summed E-state index contributed by atoms with van der Waals surface area (Å²) in [7, 11) is 0. The van der Waals surface area contributed by atoms with Crippen LogP contribution in [0, 0.1) is 23.2 Å². The van der Waals surface area contributed by atoms with Crippen molar-refractivity contribution in [2.24, 2.45) is 16.2 Å². The molecular formula is C69H79N9O12S. The molecule has 4 fully saturated rings. The van der Waals surface area contributed by atoms with Crippen LogP contribution in [0.3, 0.4) is 0 Å². The zero-order valence-electron chi connectivity index (χ0n) is 51.9. The first-order valence-corrected chi connectivity index (χ1v) is 32.3. The van der Waals surface area contributed by atoms with Gasteiger partial charge in [-0.15, -0.1) is 0 Å². The normalized spacial score (nSPS) is 20.7. The van der Waals surface area contributed by atoms with Crippen molar-refractivity contribution in [3.63, 3.8) is 0 Å². The second-order valence-electron chi connectivity index (χ2n) is 25.5. The lowest BCUT2D eigenvalue weighted by Gasteiger charge is -2.69. The van der Waals surface area contributed by atoms with Crippen molar-refractivity contribution in [3.8, 4) is 22.4 Å². The van der Waals surface area contributed by atoms with Gasteiger partial charge in [0.15, 0.2) is 10.8 Å². The van der Waals surface area contributed by atoms with Crippen LogP contribution in [-0.2, 0) is 57.6 Å². The number of hydrogen-bond acceptors (Lipinski definition) is 16. The van der Waals surface area contributed by atoms with Gasteiger partial charge in [0.2, 0.25) is 5.91 Å². The number of carboxylic acids is 1. The van der Waals surface area contributed by atoms with E-state index in [9.17, 15) is 33.9 Å². The lowest BCUT2D eigenvalue weighted by molar-refractivity contribution is -0.247. The minimum atomic E-state index is -1.17. The number of pyridine rings is 2. The molecule has 0 radical (unpaired) electrons. The highest BCUT2D eigenvalue weighted by molar-refractivity contribution is 7.22. The summed E-state index contributed by atoms with van der Waals surface area (Å²) in [5, 5.41) is 25.4. The third kappa shape index (κ3) is 15.9. The summed E-state index contributed by atoms with van der Waals surface area (Å²) in [5.74, 6) is -2.13. The Morgan fingerprint density at radius 1 is 0.692 bits per heavy atom. The van der Waals surface area contributed by atoms with Crippen LogP contribution in [-0.4, -0.2) is 142 Å². The number of amides is 5. The van der Waals surface area contributed by atoms with E-state index in [0.717, 1.165) is 84.8 Å². The summed E-state index contributed by atoms with van der Waals surface area (Å²) < 4.78 is 32.5. The van der Waals surface area contributed by atoms with E-state index in [-0.39, 0.29) is 57.8 Å². The van der Waals surface area contributed by atoms with Gasteiger partial charge in [-0.1, -0.05) is 74.1 Å². The van der Waals surface area contributed by atoms with Crippen molar-refractivity contribution in [2.45, 2.75) is 117 Å². The molecule has 3 aromatic carbocycles. The summed E-state index contributed by atoms with van der Waals surface area (Å²) in [4.78, 5) is 90.2. The molecule has 2 unspecified atom stereocenters. The maximum absolute atomic E-state index is 13.7. The van der Waals surface area contributed by atoms with Gasteiger partial charge in [0.1, 0.15) is 6.61 Å². The minimum Gasteiger partial charge on any atom is -0.476 e. The van der Waals surface area contributed by atoms with Crippen LogP contribution in [0.25, 0.3) is 43.5 Å². The fourth-order valence-electron chi connectivity index (χ4n) is 15.1. The molecule has 4 N–H and O–H groups in total. The first-order chi connectivity index (χ1) is 43.9. The Morgan fingerprint density at radius 3 is 2.20 bits per heavy atom. The predicted octanol–water partition coefficient (Wildman–Crippen LogP) is 10.7. The molecule has 5 amide bonds. The highest BCUT2D eigenvalue weighted by Crippen LogP contribution is 2.72. The third-order valence-corrected chi connectivity index (χ3v) is 18.8. The Labute approximate surface area is 532 Å². The number of nitrogens with one attached hydrogen (secondary N) is 3. The summed E-state index contributed by atoms with van der Waals surface area (Å²) in [6, 6.07) is 26.4. The summed E-state index contributed by atoms with van der Waals surface area (Å²) >= 11 is 1.39. The molecule has 4 saturated carbocycles. The van der Waals surface area contributed by atoms with E-state index in [1.165, 1.54) is 28.4 Å². The van der Waals surface area contributed by atoms with E-state index in [1.54, 1.807) is 36.7 Å². The molecule has 2 atom stereocenters. The Hall–Kier alpha value is -8.28. The highest BCUT2D eigenvalue weighted by Gasteiger charge is 2.66. The quantitative estimate of drug-likeness (QED) is 0.0226. The van der Waals surface area contributed by atoms with Gasteiger partial charge < -0.3 is 39.4 Å². The molecule has 21 nitrogen and oxygen atoms in total. The highest BCUT2D eigenvalue weighted by atomic mass is 32.1. The van der Waals surface area contributed by atoms with E-state index in [2.05, 4.69) is 45.8 Å². The number of carbonyl (C=O) groups excluding carboxylic acids is 5. The summed E-state index contributed by atoms with van der Waals surface area (Å²) in [6.45, 7) is 11.7. The molecule has 12 rings (SSSR count). The van der Waals surface area contributed by atoms with Crippen LogP contribution < -0.4 is 16.0 Å². The summed E-state index contributed by atoms with van der Waals surface area (Å²) in [5.41, 5.74) is 6.31. The maximum atomic E-state index is 13.7. The second kappa shape index (κ2) is 28.5. The number of alkyl carbamates (subject to hydrolysis) is 1. The molecule has 1 aliphatic heterocycles. The van der Waals surface area contributed by atoms with Gasteiger partial charge >= 0.3 is 12.1 Å². The number of aromatic nitrogens is 5. The first kappa shape index (κ1) is 64.3. The van der Waals surface area contributed by atoms with Crippen molar-refractivity contribution in [1.82, 2.24) is 40.3 Å². The smallest absolute Gasteiger partial charge is 0.407 e. The number of benzene rings is 3. The number of hydrogen-bond donors (Lipinski definition) is 4. The number of thiazole rings is 1. The lowest BCUT2D eigenvalue weighted by Crippen LogP contribution is -2.64. The van der Waals surface area contributed by atoms with Crippen LogP contribution in [0.5, 0.6) is 0 Å². The molecule has 0 saturated heterocycles. The number of para-hydroxylation sites is 1. The van der Waals surface area contributed by atoms with E-state index < -0.39 is 12.1 Å². The fraction of sp³-hybridized carbons (Fsp3) is 0.449. The van der Waals surface area contributed by atoms with Crippen molar-refractivity contribution >= 4 is 73.3 Å². The zero-order chi connectivity index (χ0) is 63.6. The number of imide groups is 1. The van der Waals surface area contributed by atoms with Crippen LogP contribution in [0.15, 0.2) is 109 Å². The monoisotopic (exact) mass is 1260 g/mol. The Balaban J connectivity index is 0.594. The molecule has 91 heavy (non-hydrogen) atoms. The van der Waals surface area contributed by atoms with Gasteiger partial charge in [-0.2, -0.15) is 5.10 Å². The number of unbranched alkanes of at least 4 members (excludes halogenated alkanes) is 2. The lowest BCUT2D eigenvalue weighted by atomic mass is 9.39. The Bertz CT molecular complexity index is 3790. The Kier molecular flexibility index (Phi) is 20.1. The van der Waals surface area contributed by atoms with Crippen molar-refractivity contribution in [1.29, 1.82) is 0 Å². The van der Waals surface area contributed by atoms with Crippen LogP contribution in [0.1, 0.15) is 122 Å². The average Bonchev–Trinajstić information content (AvgIpc) is 0.999. The fourth-order valence-corrected chi connectivity index (χ4v) is 15.9. The van der Waals surface area contributed by atoms with Gasteiger partial charge in [0.25, 0.3) is 17.7 Å². The number of carbonyl (C=O) groups is 6. The van der Waals surface area contributed by atoms with E-state index >= 15 is 0 Å². The van der Waals surface area contributed by atoms with Crippen LogP contribution in [0.4, 0.5) is 9.93 Å². The molecule has 22 heteroatoms. The number of fused-ring (bicyclic) bond motifs is 2. The zero-order valence-corrected chi connectivity index (χ0v) is 52.7.